The zero-order valence-corrected chi connectivity index (χ0v) is 15.5. The summed E-state index contributed by atoms with van der Waals surface area (Å²) < 4.78 is 20.2. The molecule has 1 saturated heterocycles. The first kappa shape index (κ1) is 17.0. The lowest BCUT2D eigenvalue weighted by Gasteiger charge is -2.44. The molecule has 0 saturated carbocycles. The molecule has 26 heavy (non-hydrogen) atoms. The monoisotopic (exact) mass is 418 g/mol. The first-order valence-electron chi connectivity index (χ1n) is 8.17. The first-order chi connectivity index (χ1) is 12.3. The number of amides is 3. The molecule has 0 aromatic heterocycles. The highest BCUT2D eigenvalue weighted by Crippen LogP contribution is 2.47. The van der Waals surface area contributed by atoms with Gasteiger partial charge in [-0.3, -0.25) is 10.1 Å². The Bertz CT molecular complexity index is 918. The van der Waals surface area contributed by atoms with E-state index in [0.717, 1.165) is 10.0 Å². The molecule has 3 amide bonds. The van der Waals surface area contributed by atoms with Crippen molar-refractivity contribution in [3.05, 3.63) is 63.9 Å². The summed E-state index contributed by atoms with van der Waals surface area (Å²) in [5, 5.41) is 5.13. The smallest absolute Gasteiger partial charge is 0.322 e. The minimum absolute atomic E-state index is 0.262. The van der Waals surface area contributed by atoms with Gasteiger partial charge < -0.3 is 10.1 Å². The lowest BCUT2D eigenvalue weighted by atomic mass is 9.75. The number of hydrogen-bond donors (Lipinski definition) is 2. The molecule has 7 heteroatoms. The summed E-state index contributed by atoms with van der Waals surface area (Å²) in [6, 6.07) is 11.1. The van der Waals surface area contributed by atoms with E-state index in [-0.39, 0.29) is 12.2 Å². The van der Waals surface area contributed by atoms with Crippen molar-refractivity contribution in [1.29, 1.82) is 0 Å². The molecule has 2 aliphatic heterocycles. The highest BCUT2D eigenvalue weighted by molar-refractivity contribution is 9.10. The van der Waals surface area contributed by atoms with Crippen LogP contribution in [0, 0.1) is 5.82 Å². The number of halogens is 2. The quantitative estimate of drug-likeness (QED) is 0.734. The normalized spacial score (nSPS) is 26.9. The van der Waals surface area contributed by atoms with E-state index in [1.165, 1.54) is 12.1 Å². The van der Waals surface area contributed by atoms with Crippen molar-refractivity contribution in [2.45, 2.75) is 30.9 Å². The van der Waals surface area contributed by atoms with Crippen molar-refractivity contribution in [2.24, 2.45) is 0 Å². The molecule has 0 bridgehead atoms. The Hall–Kier alpha value is -2.41. The minimum Gasteiger partial charge on any atom is -0.487 e. The molecular weight excluding hydrogens is 403 g/mol. The van der Waals surface area contributed by atoms with Crippen LogP contribution in [0.15, 0.2) is 46.9 Å². The summed E-state index contributed by atoms with van der Waals surface area (Å²) in [4.78, 5) is 24.6. The van der Waals surface area contributed by atoms with Crippen LogP contribution in [0.5, 0.6) is 5.75 Å². The molecule has 2 aromatic carbocycles. The molecular formula is C19H16BrFN2O3. The fourth-order valence-electron chi connectivity index (χ4n) is 3.82. The summed E-state index contributed by atoms with van der Waals surface area (Å²) in [6.07, 6.45) is 0.728. The topological polar surface area (TPSA) is 67.4 Å². The first-order valence-corrected chi connectivity index (χ1v) is 8.96. The number of carbonyl (C=O) groups excluding carboxylic acids is 2. The van der Waals surface area contributed by atoms with E-state index < -0.39 is 23.1 Å². The number of urea groups is 1. The summed E-state index contributed by atoms with van der Waals surface area (Å²) in [7, 11) is 0. The van der Waals surface area contributed by atoms with Crippen LogP contribution in [0.2, 0.25) is 0 Å². The maximum absolute atomic E-state index is 13.2. The van der Waals surface area contributed by atoms with Crippen LogP contribution >= 0.6 is 15.9 Å². The summed E-state index contributed by atoms with van der Waals surface area (Å²) in [5.74, 6) is -0.158. The average molecular weight is 419 g/mol. The maximum atomic E-state index is 13.2. The van der Waals surface area contributed by atoms with Gasteiger partial charge in [0.05, 0.1) is 0 Å². The number of rotatable bonds is 2. The van der Waals surface area contributed by atoms with E-state index in [9.17, 15) is 14.0 Å². The molecule has 1 spiro atoms. The molecule has 0 aliphatic carbocycles. The second-order valence-corrected chi connectivity index (χ2v) is 7.90. The van der Waals surface area contributed by atoms with Gasteiger partial charge in [0, 0.05) is 22.9 Å². The van der Waals surface area contributed by atoms with Crippen LogP contribution in [0.25, 0.3) is 0 Å². The minimum atomic E-state index is -1.19. The van der Waals surface area contributed by atoms with Crippen LogP contribution in [0.4, 0.5) is 9.18 Å². The summed E-state index contributed by atoms with van der Waals surface area (Å²) in [6.45, 7) is 1.89. The van der Waals surface area contributed by atoms with Gasteiger partial charge in [0.15, 0.2) is 5.54 Å². The van der Waals surface area contributed by atoms with Crippen molar-refractivity contribution in [3.63, 3.8) is 0 Å². The molecule has 5 nitrogen and oxygen atoms in total. The number of imide groups is 1. The number of benzene rings is 2. The van der Waals surface area contributed by atoms with Gasteiger partial charge in [-0.15, -0.1) is 0 Å². The van der Waals surface area contributed by atoms with E-state index in [1.54, 1.807) is 24.3 Å². The number of fused-ring (bicyclic) bond motifs is 2. The fourth-order valence-corrected chi connectivity index (χ4v) is 4.18. The van der Waals surface area contributed by atoms with E-state index in [0.29, 0.717) is 17.7 Å². The third-order valence-electron chi connectivity index (χ3n) is 4.83. The average Bonchev–Trinajstić information content (AvgIpc) is 2.84. The molecule has 2 aromatic rings. The molecule has 2 heterocycles. The van der Waals surface area contributed by atoms with Gasteiger partial charge in [-0.1, -0.05) is 28.1 Å². The van der Waals surface area contributed by atoms with Crippen LogP contribution in [0.1, 0.15) is 24.5 Å². The van der Waals surface area contributed by atoms with Crippen molar-refractivity contribution in [1.82, 2.24) is 10.6 Å². The Morgan fingerprint density at radius 1 is 1.19 bits per heavy atom. The Morgan fingerprint density at radius 3 is 2.58 bits per heavy atom. The van der Waals surface area contributed by atoms with E-state index in [2.05, 4.69) is 26.6 Å². The number of nitrogens with one attached hydrogen (secondary N) is 2. The van der Waals surface area contributed by atoms with Gasteiger partial charge in [0.1, 0.15) is 17.2 Å². The van der Waals surface area contributed by atoms with Gasteiger partial charge in [0.2, 0.25) is 0 Å². The molecule has 2 unspecified atom stereocenters. The second-order valence-electron chi connectivity index (χ2n) is 6.99. The standard InChI is InChI=1S/C19H16BrFN2O3/c1-18(9-11-2-5-13(21)6-3-11)10-19(16(24)22-17(25)23-19)14-8-12(20)4-7-15(14)26-18/h2-8H,9-10H2,1H3,(H2,22,23,24,25). The van der Waals surface area contributed by atoms with Gasteiger partial charge in [-0.25, -0.2) is 9.18 Å². The van der Waals surface area contributed by atoms with E-state index >= 15 is 0 Å². The second kappa shape index (κ2) is 5.81. The largest absolute Gasteiger partial charge is 0.487 e. The highest BCUT2D eigenvalue weighted by Gasteiger charge is 2.56. The van der Waals surface area contributed by atoms with Gasteiger partial charge in [-0.05, 0) is 42.8 Å². The molecule has 1 fully saturated rings. The number of ether oxygens (including phenoxy) is 1. The molecule has 134 valence electrons. The molecule has 2 atom stereocenters. The van der Waals surface area contributed by atoms with E-state index in [4.69, 9.17) is 4.74 Å². The van der Waals surface area contributed by atoms with Gasteiger partial charge in [-0.2, -0.15) is 0 Å². The van der Waals surface area contributed by atoms with Crippen molar-refractivity contribution >= 4 is 27.9 Å². The third kappa shape index (κ3) is 2.76. The molecule has 2 aliphatic rings. The zero-order valence-electron chi connectivity index (χ0n) is 13.9. The van der Waals surface area contributed by atoms with Crippen LogP contribution < -0.4 is 15.4 Å². The van der Waals surface area contributed by atoms with Crippen molar-refractivity contribution in [3.8, 4) is 5.75 Å². The predicted octanol–water partition coefficient (Wildman–Crippen LogP) is 3.41. The SMILES string of the molecule is CC1(Cc2ccc(F)cc2)CC2(NC(=O)NC2=O)c2cc(Br)ccc2O1. The van der Waals surface area contributed by atoms with Crippen LogP contribution in [-0.4, -0.2) is 17.5 Å². The summed E-state index contributed by atoms with van der Waals surface area (Å²) >= 11 is 3.41. The van der Waals surface area contributed by atoms with Gasteiger partial charge >= 0.3 is 6.03 Å². The Balaban J connectivity index is 1.78. The summed E-state index contributed by atoms with van der Waals surface area (Å²) in [5.41, 5.74) is -0.447. The number of carbonyl (C=O) groups is 2. The van der Waals surface area contributed by atoms with Crippen LogP contribution in [-0.2, 0) is 16.8 Å². The lowest BCUT2D eigenvalue weighted by molar-refractivity contribution is -0.127. The molecule has 0 radical (unpaired) electrons. The van der Waals surface area contributed by atoms with Crippen molar-refractivity contribution in [2.75, 3.05) is 0 Å². The predicted molar refractivity (Wildman–Crippen MR) is 96.2 cm³/mol. The third-order valence-corrected chi connectivity index (χ3v) is 5.32. The van der Waals surface area contributed by atoms with Crippen LogP contribution in [0.3, 0.4) is 0 Å². The molecule has 2 N–H and O–H groups in total. The van der Waals surface area contributed by atoms with E-state index in [1.807, 2.05) is 13.0 Å². The maximum Gasteiger partial charge on any atom is 0.322 e. The highest BCUT2D eigenvalue weighted by atomic mass is 79.9. The Morgan fingerprint density at radius 2 is 1.92 bits per heavy atom. The molecule has 4 rings (SSSR count). The zero-order chi connectivity index (χ0) is 18.5. The Labute approximate surface area is 158 Å². The fraction of sp³-hybridized carbons (Fsp3) is 0.263. The lowest BCUT2D eigenvalue weighted by Crippen LogP contribution is -2.55. The Kier molecular flexibility index (Phi) is 3.80. The van der Waals surface area contributed by atoms with Gasteiger partial charge in [0.25, 0.3) is 5.91 Å². The van der Waals surface area contributed by atoms with Crippen molar-refractivity contribution < 1.29 is 18.7 Å². The number of hydrogen-bond acceptors (Lipinski definition) is 3.